The third-order valence-electron chi connectivity index (χ3n) is 1.01. The molecule has 0 unspecified atom stereocenters. The summed E-state index contributed by atoms with van der Waals surface area (Å²) < 4.78 is 0. The minimum atomic E-state index is -0.512. The molecule has 0 aromatic carbocycles. The monoisotopic (exact) mass is 152 g/mol. The van der Waals surface area contributed by atoms with Gasteiger partial charge in [-0.1, -0.05) is 0 Å². The second kappa shape index (κ2) is 2.72. The number of aromatic amines is 1. The largest absolute Gasteiger partial charge is 0.393 e. The van der Waals surface area contributed by atoms with Gasteiger partial charge in [-0.3, -0.25) is 4.79 Å². The molecule has 0 atom stereocenters. The Bertz CT molecular complexity index is 361. The smallest absolute Gasteiger partial charge is 0.274 e. The maximum Gasteiger partial charge on any atom is 0.274 e. The van der Waals surface area contributed by atoms with Gasteiger partial charge in [0.25, 0.3) is 5.56 Å². The Balaban J connectivity index is 3.38. The van der Waals surface area contributed by atoms with Gasteiger partial charge in [0.15, 0.2) is 5.82 Å². The van der Waals surface area contributed by atoms with E-state index in [0.29, 0.717) is 0 Å². The maximum atomic E-state index is 10.7. The second-order valence-electron chi connectivity index (χ2n) is 1.66. The summed E-state index contributed by atoms with van der Waals surface area (Å²) in [5.74, 6) is -0.101. The van der Waals surface area contributed by atoms with E-state index in [1.54, 1.807) is 0 Å². The molecule has 1 rings (SSSR count). The molecular weight excluding hydrogens is 148 g/mol. The van der Waals surface area contributed by atoms with Gasteiger partial charge in [-0.2, -0.15) is 0 Å². The number of hydrogen-bond acceptors (Lipinski definition) is 4. The highest BCUT2D eigenvalue weighted by Gasteiger charge is 1.99. The van der Waals surface area contributed by atoms with Gasteiger partial charge in [0.1, 0.15) is 5.69 Å². The zero-order valence-corrected chi connectivity index (χ0v) is 5.35. The number of nitrogen functional groups attached to an aromatic ring is 1. The van der Waals surface area contributed by atoms with Gasteiger partial charge in [0.05, 0.1) is 6.33 Å². The zero-order chi connectivity index (χ0) is 8.27. The third kappa shape index (κ3) is 1.28. The highest BCUT2D eigenvalue weighted by Crippen LogP contribution is 2.10. The molecule has 7 heteroatoms. The molecule has 0 amide bonds. The van der Waals surface area contributed by atoms with Gasteiger partial charge in [-0.15, -0.1) is 0 Å². The lowest BCUT2D eigenvalue weighted by molar-refractivity contribution is 1.11. The van der Waals surface area contributed by atoms with Crippen LogP contribution in [-0.4, -0.2) is 9.97 Å². The Hall–Kier alpha value is -2.01. The minimum absolute atomic E-state index is 0.101. The summed E-state index contributed by atoms with van der Waals surface area (Å²) in [6, 6.07) is 0. The Morgan fingerprint density at radius 1 is 1.82 bits per heavy atom. The van der Waals surface area contributed by atoms with Crippen LogP contribution >= 0.6 is 0 Å². The number of aromatic nitrogens is 2. The maximum absolute atomic E-state index is 10.7. The van der Waals surface area contributed by atoms with E-state index in [1.807, 2.05) is 0 Å². The van der Waals surface area contributed by atoms with E-state index in [0.717, 1.165) is 6.33 Å². The topological polar surface area (TPSA) is 121 Å². The molecule has 56 valence electrons. The van der Waals surface area contributed by atoms with Crippen LogP contribution in [0.2, 0.25) is 0 Å². The van der Waals surface area contributed by atoms with Crippen molar-refractivity contribution in [1.29, 1.82) is 0 Å². The number of anilines is 1. The number of nitrogens with zero attached hydrogens (tertiary/aromatic N) is 4. The van der Waals surface area contributed by atoms with Crippen LogP contribution in [0.5, 0.6) is 0 Å². The van der Waals surface area contributed by atoms with Crippen molar-refractivity contribution < 1.29 is 0 Å². The molecule has 0 saturated heterocycles. The molecule has 0 fully saturated rings. The SMILES string of the molecule is [N-]=[N+]=Nc1nc[nH]c(=O)c1N. The standard InChI is InChI=1S/C4H4N6O/c5-2-3(9-10-6)7-1-8-4(2)11/h1H,5H2,(H,7,8,11). The summed E-state index contributed by atoms with van der Waals surface area (Å²) in [6.45, 7) is 0. The van der Waals surface area contributed by atoms with Crippen molar-refractivity contribution in [3.63, 3.8) is 0 Å². The average molecular weight is 152 g/mol. The fourth-order valence-electron chi connectivity index (χ4n) is 0.523. The lowest BCUT2D eigenvalue weighted by Gasteiger charge is -1.92. The lowest BCUT2D eigenvalue weighted by Crippen LogP contribution is -2.11. The first-order chi connectivity index (χ1) is 5.25. The highest BCUT2D eigenvalue weighted by molar-refractivity contribution is 5.54. The molecule has 0 bridgehead atoms. The summed E-state index contributed by atoms with van der Waals surface area (Å²) in [7, 11) is 0. The molecule has 0 saturated carbocycles. The summed E-state index contributed by atoms with van der Waals surface area (Å²) in [5, 5.41) is 3.09. The van der Waals surface area contributed by atoms with Gasteiger partial charge >= 0.3 is 0 Å². The van der Waals surface area contributed by atoms with E-state index in [9.17, 15) is 4.79 Å². The van der Waals surface area contributed by atoms with Crippen molar-refractivity contribution >= 4 is 11.5 Å². The fourth-order valence-corrected chi connectivity index (χ4v) is 0.523. The van der Waals surface area contributed by atoms with Crippen LogP contribution in [0.25, 0.3) is 10.4 Å². The van der Waals surface area contributed by atoms with Crippen molar-refractivity contribution in [1.82, 2.24) is 9.97 Å². The highest BCUT2D eigenvalue weighted by atomic mass is 16.1. The molecule has 0 radical (unpaired) electrons. The molecule has 0 aliphatic heterocycles. The van der Waals surface area contributed by atoms with Gasteiger partial charge in [-0.05, 0) is 10.6 Å². The van der Waals surface area contributed by atoms with E-state index in [2.05, 4.69) is 20.0 Å². The van der Waals surface area contributed by atoms with Crippen LogP contribution in [0.1, 0.15) is 0 Å². The minimum Gasteiger partial charge on any atom is -0.393 e. The summed E-state index contributed by atoms with van der Waals surface area (Å²) in [4.78, 5) is 18.9. The quantitative estimate of drug-likeness (QED) is 0.341. The van der Waals surface area contributed by atoms with Crippen LogP contribution < -0.4 is 11.3 Å². The molecule has 7 nitrogen and oxygen atoms in total. The summed E-state index contributed by atoms with van der Waals surface area (Å²) >= 11 is 0. The van der Waals surface area contributed by atoms with Crippen molar-refractivity contribution in [3.8, 4) is 0 Å². The second-order valence-corrected chi connectivity index (χ2v) is 1.66. The summed E-state index contributed by atoms with van der Waals surface area (Å²) in [6.07, 6.45) is 1.11. The predicted octanol–water partition coefficient (Wildman–Crippen LogP) is 0.294. The number of azide groups is 1. The molecule has 0 aliphatic rings. The van der Waals surface area contributed by atoms with Crippen LogP contribution in [-0.2, 0) is 0 Å². The lowest BCUT2D eigenvalue weighted by atomic mass is 10.5. The number of nitrogens with two attached hydrogens (primary N) is 1. The van der Waals surface area contributed by atoms with Crippen molar-refractivity contribution in [3.05, 3.63) is 27.1 Å². The molecule has 0 spiro atoms. The average Bonchev–Trinajstić information content (AvgIpc) is 1.99. The first kappa shape index (κ1) is 7.10. The molecule has 3 N–H and O–H groups in total. The Kier molecular flexibility index (Phi) is 1.75. The normalized spacial score (nSPS) is 8.73. The van der Waals surface area contributed by atoms with E-state index in [1.165, 1.54) is 0 Å². The van der Waals surface area contributed by atoms with Gasteiger partial charge in [0.2, 0.25) is 0 Å². The Labute approximate surface area is 60.5 Å². The van der Waals surface area contributed by atoms with E-state index < -0.39 is 5.56 Å². The molecule has 1 aromatic heterocycles. The zero-order valence-electron chi connectivity index (χ0n) is 5.35. The Morgan fingerprint density at radius 2 is 2.55 bits per heavy atom. The van der Waals surface area contributed by atoms with Crippen molar-refractivity contribution in [2.45, 2.75) is 0 Å². The van der Waals surface area contributed by atoms with E-state index in [-0.39, 0.29) is 11.5 Å². The van der Waals surface area contributed by atoms with Crippen LogP contribution in [0.4, 0.5) is 11.5 Å². The van der Waals surface area contributed by atoms with Crippen LogP contribution in [0.15, 0.2) is 16.2 Å². The number of nitrogens with one attached hydrogen (secondary N) is 1. The Morgan fingerprint density at radius 3 is 3.18 bits per heavy atom. The van der Waals surface area contributed by atoms with Gasteiger partial charge in [-0.25, -0.2) is 4.98 Å². The molecule has 1 aromatic rings. The van der Waals surface area contributed by atoms with E-state index >= 15 is 0 Å². The number of hydrogen-bond donors (Lipinski definition) is 2. The fraction of sp³-hybridized carbons (Fsp3) is 0. The molecule has 11 heavy (non-hydrogen) atoms. The molecular formula is C4H4N6O. The first-order valence-electron chi connectivity index (χ1n) is 2.64. The van der Waals surface area contributed by atoms with Gasteiger partial charge in [0, 0.05) is 4.91 Å². The summed E-state index contributed by atoms with van der Waals surface area (Å²) in [5.41, 5.74) is 12.5. The predicted molar refractivity (Wildman–Crippen MR) is 38.1 cm³/mol. The molecule has 1 heterocycles. The van der Waals surface area contributed by atoms with Crippen LogP contribution in [0, 0.1) is 0 Å². The van der Waals surface area contributed by atoms with Crippen molar-refractivity contribution in [2.24, 2.45) is 5.11 Å². The molecule has 0 aliphatic carbocycles. The van der Waals surface area contributed by atoms with Crippen molar-refractivity contribution in [2.75, 3.05) is 5.73 Å². The first-order valence-corrected chi connectivity index (χ1v) is 2.64. The van der Waals surface area contributed by atoms with Gasteiger partial charge < -0.3 is 10.7 Å². The number of H-pyrrole nitrogens is 1. The van der Waals surface area contributed by atoms with Crippen LogP contribution in [0.3, 0.4) is 0 Å². The van der Waals surface area contributed by atoms with E-state index in [4.69, 9.17) is 11.3 Å². The third-order valence-corrected chi connectivity index (χ3v) is 1.01. The number of rotatable bonds is 1.